The van der Waals surface area contributed by atoms with Gasteiger partial charge in [-0.2, -0.15) is 0 Å². The molecule has 0 radical (unpaired) electrons. The highest BCUT2D eigenvalue weighted by Gasteiger charge is 2.21. The molecule has 2 N–H and O–H groups in total. The van der Waals surface area contributed by atoms with Gasteiger partial charge in [0.15, 0.2) is 11.5 Å². The topological polar surface area (TPSA) is 70.5 Å². The number of hydrogen-bond donors (Lipinski definition) is 2. The van der Waals surface area contributed by atoms with E-state index in [0.717, 1.165) is 32.8 Å². The molecule has 0 bridgehead atoms. The fourth-order valence-electron chi connectivity index (χ4n) is 2.64. The van der Waals surface area contributed by atoms with Crippen LogP contribution in [0.5, 0.6) is 17.2 Å². The SMILES string of the molecule is COc1ccc(C(=O)NCC[NH+]2CCOCC2)c(OC)c1OC. The molecule has 1 aliphatic rings. The Bertz CT molecular complexity index is 529. The molecule has 1 aromatic rings. The van der Waals surface area contributed by atoms with Crippen molar-refractivity contribution in [3.8, 4) is 17.2 Å². The van der Waals surface area contributed by atoms with Gasteiger partial charge in [0.1, 0.15) is 13.1 Å². The van der Waals surface area contributed by atoms with Crippen LogP contribution in [0.25, 0.3) is 0 Å². The monoisotopic (exact) mass is 325 g/mol. The largest absolute Gasteiger partial charge is 0.493 e. The lowest BCUT2D eigenvalue weighted by molar-refractivity contribution is -0.906. The van der Waals surface area contributed by atoms with Crippen LogP contribution in [0, 0.1) is 0 Å². The van der Waals surface area contributed by atoms with Gasteiger partial charge in [0.25, 0.3) is 5.91 Å². The molecule has 0 unspecified atom stereocenters. The number of carbonyl (C=O) groups excluding carboxylic acids is 1. The van der Waals surface area contributed by atoms with Crippen LogP contribution in [0.2, 0.25) is 0 Å². The van der Waals surface area contributed by atoms with E-state index in [1.54, 1.807) is 19.2 Å². The second kappa shape index (κ2) is 8.59. The first kappa shape index (κ1) is 17.4. The number of hydrogen-bond acceptors (Lipinski definition) is 5. The van der Waals surface area contributed by atoms with E-state index < -0.39 is 0 Å². The Balaban J connectivity index is 2.00. The maximum absolute atomic E-state index is 12.4. The normalized spacial score (nSPS) is 15.1. The van der Waals surface area contributed by atoms with Crippen LogP contribution in [-0.2, 0) is 4.74 Å². The summed E-state index contributed by atoms with van der Waals surface area (Å²) in [5.74, 6) is 1.14. The highest BCUT2D eigenvalue weighted by atomic mass is 16.5. The third-order valence-corrected chi connectivity index (χ3v) is 3.91. The third-order valence-electron chi connectivity index (χ3n) is 3.91. The van der Waals surface area contributed by atoms with Crippen LogP contribution in [0.3, 0.4) is 0 Å². The molecule has 1 aliphatic heterocycles. The van der Waals surface area contributed by atoms with Crippen molar-refractivity contribution >= 4 is 5.91 Å². The van der Waals surface area contributed by atoms with Crippen molar-refractivity contribution in [1.29, 1.82) is 0 Å². The highest BCUT2D eigenvalue weighted by Crippen LogP contribution is 2.39. The summed E-state index contributed by atoms with van der Waals surface area (Å²) in [7, 11) is 4.57. The van der Waals surface area contributed by atoms with E-state index in [0.29, 0.717) is 29.4 Å². The van der Waals surface area contributed by atoms with Crippen molar-refractivity contribution in [2.45, 2.75) is 0 Å². The zero-order valence-electron chi connectivity index (χ0n) is 13.9. The fourth-order valence-corrected chi connectivity index (χ4v) is 2.64. The first-order valence-electron chi connectivity index (χ1n) is 7.69. The first-order chi connectivity index (χ1) is 11.2. The molecule has 128 valence electrons. The summed E-state index contributed by atoms with van der Waals surface area (Å²) in [5, 5.41) is 2.93. The summed E-state index contributed by atoms with van der Waals surface area (Å²) in [6, 6.07) is 3.38. The minimum atomic E-state index is -0.185. The molecule has 1 heterocycles. The Labute approximate surface area is 136 Å². The van der Waals surface area contributed by atoms with Gasteiger partial charge in [0.05, 0.1) is 53.2 Å². The first-order valence-corrected chi connectivity index (χ1v) is 7.69. The summed E-state index contributed by atoms with van der Waals surface area (Å²) < 4.78 is 21.2. The van der Waals surface area contributed by atoms with Crippen molar-refractivity contribution in [3.05, 3.63) is 17.7 Å². The van der Waals surface area contributed by atoms with Gasteiger partial charge in [-0.1, -0.05) is 0 Å². The molecule has 7 heteroatoms. The molecule has 23 heavy (non-hydrogen) atoms. The van der Waals surface area contributed by atoms with Crippen molar-refractivity contribution in [3.63, 3.8) is 0 Å². The molecular weight excluding hydrogens is 300 g/mol. The predicted octanol–water partition coefficient (Wildman–Crippen LogP) is -0.643. The van der Waals surface area contributed by atoms with Gasteiger partial charge in [0, 0.05) is 0 Å². The van der Waals surface area contributed by atoms with Crippen molar-refractivity contribution in [2.24, 2.45) is 0 Å². The number of nitrogens with one attached hydrogen (secondary N) is 2. The average molecular weight is 325 g/mol. The number of ether oxygens (including phenoxy) is 4. The Morgan fingerprint density at radius 2 is 1.83 bits per heavy atom. The molecule has 1 aromatic carbocycles. The molecule has 2 rings (SSSR count). The minimum absolute atomic E-state index is 0.185. The Morgan fingerprint density at radius 3 is 2.43 bits per heavy atom. The lowest BCUT2D eigenvalue weighted by Crippen LogP contribution is -3.14. The number of rotatable bonds is 7. The van der Waals surface area contributed by atoms with Gasteiger partial charge in [-0.15, -0.1) is 0 Å². The molecule has 0 spiro atoms. The van der Waals surface area contributed by atoms with E-state index >= 15 is 0 Å². The fraction of sp³-hybridized carbons (Fsp3) is 0.562. The summed E-state index contributed by atoms with van der Waals surface area (Å²) in [6.07, 6.45) is 0. The van der Waals surface area contributed by atoms with Gasteiger partial charge in [-0.05, 0) is 12.1 Å². The smallest absolute Gasteiger partial charge is 0.255 e. The molecule has 7 nitrogen and oxygen atoms in total. The lowest BCUT2D eigenvalue weighted by atomic mass is 10.1. The van der Waals surface area contributed by atoms with Gasteiger partial charge < -0.3 is 29.2 Å². The number of carbonyl (C=O) groups is 1. The quantitative estimate of drug-likeness (QED) is 0.698. The molecular formula is C16H25N2O5+. The molecule has 1 fully saturated rings. The lowest BCUT2D eigenvalue weighted by Gasteiger charge is -2.23. The van der Waals surface area contributed by atoms with Crippen molar-refractivity contribution in [2.75, 3.05) is 60.7 Å². The van der Waals surface area contributed by atoms with E-state index in [1.807, 2.05) is 0 Å². The number of morpholine rings is 1. The van der Waals surface area contributed by atoms with E-state index in [9.17, 15) is 4.79 Å². The third kappa shape index (κ3) is 4.27. The van der Waals surface area contributed by atoms with Gasteiger partial charge in [-0.3, -0.25) is 4.79 Å². The van der Waals surface area contributed by atoms with E-state index in [2.05, 4.69) is 5.32 Å². The van der Waals surface area contributed by atoms with Crippen molar-refractivity contribution in [1.82, 2.24) is 5.32 Å². The molecule has 1 saturated heterocycles. The number of quaternary nitrogens is 1. The summed E-state index contributed by atoms with van der Waals surface area (Å²) in [5.41, 5.74) is 0.433. The Kier molecular flexibility index (Phi) is 6.49. The standard InChI is InChI=1S/C16H24N2O5/c1-20-13-5-4-12(14(21-2)15(13)22-3)16(19)17-6-7-18-8-10-23-11-9-18/h4-5H,6-11H2,1-3H3,(H,17,19)/p+1. The van der Waals surface area contributed by atoms with Crippen LogP contribution in [0.1, 0.15) is 10.4 Å². The Morgan fingerprint density at radius 1 is 1.13 bits per heavy atom. The summed E-state index contributed by atoms with van der Waals surface area (Å²) in [6.45, 7) is 5.01. The van der Waals surface area contributed by atoms with Gasteiger partial charge in [0.2, 0.25) is 5.75 Å². The Hall–Kier alpha value is -1.99. The van der Waals surface area contributed by atoms with Crippen LogP contribution in [-0.4, -0.2) is 66.6 Å². The van der Waals surface area contributed by atoms with Gasteiger partial charge >= 0.3 is 0 Å². The number of methoxy groups -OCH3 is 3. The van der Waals surface area contributed by atoms with E-state index in [-0.39, 0.29) is 5.91 Å². The van der Waals surface area contributed by atoms with E-state index in [4.69, 9.17) is 18.9 Å². The number of benzene rings is 1. The maximum Gasteiger partial charge on any atom is 0.255 e. The van der Waals surface area contributed by atoms with Crippen LogP contribution >= 0.6 is 0 Å². The average Bonchev–Trinajstić information content (AvgIpc) is 2.60. The van der Waals surface area contributed by atoms with E-state index in [1.165, 1.54) is 19.1 Å². The zero-order chi connectivity index (χ0) is 16.7. The molecule has 0 aliphatic carbocycles. The number of amides is 1. The molecule has 1 amide bonds. The second-order valence-electron chi connectivity index (χ2n) is 5.25. The minimum Gasteiger partial charge on any atom is -0.493 e. The zero-order valence-corrected chi connectivity index (χ0v) is 13.9. The van der Waals surface area contributed by atoms with Crippen LogP contribution in [0.15, 0.2) is 12.1 Å². The predicted molar refractivity (Wildman–Crippen MR) is 84.8 cm³/mol. The van der Waals surface area contributed by atoms with Crippen LogP contribution < -0.4 is 24.4 Å². The molecule has 0 atom stereocenters. The second-order valence-corrected chi connectivity index (χ2v) is 5.25. The summed E-state index contributed by atoms with van der Waals surface area (Å²) >= 11 is 0. The maximum atomic E-state index is 12.4. The molecule has 0 aromatic heterocycles. The van der Waals surface area contributed by atoms with Gasteiger partial charge in [-0.25, -0.2) is 0 Å². The van der Waals surface area contributed by atoms with Crippen molar-refractivity contribution < 1.29 is 28.6 Å². The molecule has 0 saturated carbocycles. The summed E-state index contributed by atoms with van der Waals surface area (Å²) in [4.78, 5) is 13.9. The van der Waals surface area contributed by atoms with Crippen LogP contribution in [0.4, 0.5) is 0 Å². The highest BCUT2D eigenvalue weighted by molar-refractivity contribution is 5.98.